The van der Waals surface area contributed by atoms with Gasteiger partial charge in [-0.25, -0.2) is 11.4 Å². The summed E-state index contributed by atoms with van der Waals surface area (Å²) in [5, 5.41) is 4.38. The fourth-order valence-electron chi connectivity index (χ4n) is 5.23. The van der Waals surface area contributed by atoms with Gasteiger partial charge in [-0.1, -0.05) is 43.0 Å². The van der Waals surface area contributed by atoms with Gasteiger partial charge in [0, 0.05) is 16.5 Å². The van der Waals surface area contributed by atoms with Crippen LogP contribution in [0.15, 0.2) is 35.4 Å². The number of nitrogens with one attached hydrogen (secondary N) is 1. The Labute approximate surface area is 216 Å². The van der Waals surface area contributed by atoms with Gasteiger partial charge in [0.05, 0.1) is 18.2 Å². The molecule has 1 atom stereocenters. The monoisotopic (exact) mass is 518 g/mol. The molecule has 2 aliphatic rings. The predicted molar refractivity (Wildman–Crippen MR) is 139 cm³/mol. The normalized spacial score (nSPS) is 20.2. The van der Waals surface area contributed by atoms with E-state index in [-0.39, 0.29) is 11.2 Å². The van der Waals surface area contributed by atoms with E-state index in [9.17, 15) is 4.79 Å². The number of hydrazine groups is 1. The number of ketones is 1. The quantitative estimate of drug-likeness (QED) is 0.130. The average molecular weight is 519 g/mol. The van der Waals surface area contributed by atoms with Crippen LogP contribution < -0.4 is 26.6 Å². The third-order valence-corrected chi connectivity index (χ3v) is 8.06. The van der Waals surface area contributed by atoms with Crippen LogP contribution in [0.1, 0.15) is 66.9 Å². The largest absolute Gasteiger partial charge is 0.494 e. The molecule has 2 aromatic carbocycles. The van der Waals surface area contributed by atoms with E-state index in [1.165, 1.54) is 12.8 Å². The molecule has 0 amide bonds. The Morgan fingerprint density at radius 1 is 1.11 bits per heavy atom. The number of carbonyl (C=O) groups is 1. The van der Waals surface area contributed by atoms with Crippen LogP contribution in [0.5, 0.6) is 11.5 Å². The van der Waals surface area contributed by atoms with Crippen molar-refractivity contribution in [1.29, 1.82) is 0 Å². The van der Waals surface area contributed by atoms with Gasteiger partial charge in [-0.05, 0) is 73.9 Å². The number of hydrogen-bond donors (Lipinski definition) is 3. The number of halogens is 2. The fourth-order valence-corrected chi connectivity index (χ4v) is 5.73. The Kier molecular flexibility index (Phi) is 8.09. The standard InChI is InChI=1S/C26H32Cl2N4O3/c1-26(18-6-2-3-7-18)15-17-14-20(22(27)23(28)21(17)24(26)33)35-13-5-4-12-34-19-10-8-16(9-11-19)25(29)31-32-30/h8-11,14,18,32H,2-7,12-13,15,30H2,1H3,(H2,29,31). The van der Waals surface area contributed by atoms with E-state index in [0.29, 0.717) is 52.7 Å². The van der Waals surface area contributed by atoms with Gasteiger partial charge < -0.3 is 15.2 Å². The smallest absolute Gasteiger partial charge is 0.171 e. The molecule has 9 heteroatoms. The zero-order chi connectivity index (χ0) is 25.0. The highest BCUT2D eigenvalue weighted by Gasteiger charge is 2.49. The minimum atomic E-state index is -0.389. The lowest BCUT2D eigenvalue weighted by atomic mass is 9.73. The molecule has 0 aliphatic heterocycles. The number of hydrogen-bond acceptors (Lipinski definition) is 6. The number of carbonyl (C=O) groups excluding carboxylic acids is 1. The molecule has 0 saturated heterocycles. The Balaban J connectivity index is 1.28. The van der Waals surface area contributed by atoms with Crippen LogP contribution in [-0.2, 0) is 6.42 Å². The SMILES string of the molecule is CC1(C2CCCC2)Cc2cc(OCCCCOc3ccc(/C(N)=N/NN)cc3)c(Cl)c(Cl)c2C1=O. The van der Waals surface area contributed by atoms with Crippen molar-refractivity contribution in [3.63, 3.8) is 0 Å². The molecule has 4 rings (SSSR count). The summed E-state index contributed by atoms with van der Waals surface area (Å²) in [6.07, 6.45) is 6.87. The summed E-state index contributed by atoms with van der Waals surface area (Å²) < 4.78 is 11.7. The van der Waals surface area contributed by atoms with Gasteiger partial charge in [0.1, 0.15) is 16.5 Å². The first-order valence-corrected chi connectivity index (χ1v) is 12.8. The van der Waals surface area contributed by atoms with Gasteiger partial charge in [0.25, 0.3) is 0 Å². The summed E-state index contributed by atoms with van der Waals surface area (Å²) in [7, 11) is 0. The minimum Gasteiger partial charge on any atom is -0.494 e. The van der Waals surface area contributed by atoms with E-state index < -0.39 is 0 Å². The lowest BCUT2D eigenvalue weighted by molar-refractivity contribution is 0.0744. The van der Waals surface area contributed by atoms with Gasteiger partial charge >= 0.3 is 0 Å². The zero-order valence-corrected chi connectivity index (χ0v) is 21.4. The maximum atomic E-state index is 13.3. The number of nitrogens with two attached hydrogens (primary N) is 2. The summed E-state index contributed by atoms with van der Waals surface area (Å²) in [6.45, 7) is 3.11. The summed E-state index contributed by atoms with van der Waals surface area (Å²) in [5.41, 5.74) is 9.85. The highest BCUT2D eigenvalue weighted by molar-refractivity contribution is 6.45. The maximum Gasteiger partial charge on any atom is 0.171 e. The number of Topliss-reactive ketones (excluding diaryl/α,β-unsaturated/α-hetero) is 1. The fraction of sp³-hybridized carbons (Fsp3) is 0.462. The van der Waals surface area contributed by atoms with Crippen molar-refractivity contribution in [1.82, 2.24) is 5.53 Å². The van der Waals surface area contributed by atoms with E-state index in [0.717, 1.165) is 42.6 Å². The van der Waals surface area contributed by atoms with Crippen LogP contribution in [-0.4, -0.2) is 24.8 Å². The van der Waals surface area contributed by atoms with Crippen LogP contribution >= 0.6 is 23.2 Å². The molecule has 2 aliphatic carbocycles. The summed E-state index contributed by atoms with van der Waals surface area (Å²) in [4.78, 5) is 13.3. The van der Waals surface area contributed by atoms with Crippen molar-refractivity contribution < 1.29 is 14.3 Å². The molecule has 5 N–H and O–H groups in total. The molecular weight excluding hydrogens is 487 g/mol. The summed E-state index contributed by atoms with van der Waals surface area (Å²) in [5.74, 6) is 7.27. The molecule has 1 unspecified atom stereocenters. The van der Waals surface area contributed by atoms with Crippen molar-refractivity contribution in [3.8, 4) is 11.5 Å². The van der Waals surface area contributed by atoms with E-state index in [1.807, 2.05) is 30.3 Å². The number of fused-ring (bicyclic) bond motifs is 1. The van der Waals surface area contributed by atoms with Crippen LogP contribution in [0.4, 0.5) is 0 Å². The second-order valence-corrected chi connectivity index (χ2v) is 10.3. The maximum absolute atomic E-state index is 13.3. The van der Waals surface area contributed by atoms with Gasteiger partial charge in [-0.3, -0.25) is 4.79 Å². The molecule has 7 nitrogen and oxygen atoms in total. The lowest BCUT2D eigenvalue weighted by Gasteiger charge is -2.29. The van der Waals surface area contributed by atoms with Gasteiger partial charge in [-0.2, -0.15) is 0 Å². The molecule has 0 heterocycles. The van der Waals surface area contributed by atoms with E-state index >= 15 is 0 Å². The minimum absolute atomic E-state index is 0.133. The average Bonchev–Trinajstić information content (AvgIpc) is 3.48. The Bertz CT molecular complexity index is 1100. The number of nitrogens with zero attached hydrogens (tertiary/aromatic N) is 1. The summed E-state index contributed by atoms with van der Waals surface area (Å²) in [6, 6.07) is 9.21. The molecule has 0 spiro atoms. The predicted octanol–water partition coefficient (Wildman–Crippen LogP) is 5.25. The van der Waals surface area contributed by atoms with Gasteiger partial charge in [0.15, 0.2) is 11.6 Å². The van der Waals surface area contributed by atoms with Crippen LogP contribution in [0.3, 0.4) is 0 Å². The third-order valence-electron chi connectivity index (χ3n) is 7.21. The lowest BCUT2D eigenvalue weighted by Crippen LogP contribution is -2.32. The second-order valence-electron chi connectivity index (χ2n) is 9.50. The number of hydrazone groups is 1. The van der Waals surface area contributed by atoms with E-state index in [4.69, 9.17) is 44.3 Å². The molecule has 35 heavy (non-hydrogen) atoms. The molecular formula is C26H32Cl2N4O3. The number of rotatable bonds is 10. The van der Waals surface area contributed by atoms with Gasteiger partial charge in [0.2, 0.25) is 0 Å². The summed E-state index contributed by atoms with van der Waals surface area (Å²) >= 11 is 13.1. The Morgan fingerprint density at radius 2 is 1.77 bits per heavy atom. The highest BCUT2D eigenvalue weighted by atomic mass is 35.5. The van der Waals surface area contributed by atoms with Crippen molar-refractivity contribution >= 4 is 34.8 Å². The molecule has 2 aromatic rings. The Hall–Kier alpha value is -2.48. The third kappa shape index (κ3) is 5.37. The number of benzene rings is 2. The van der Waals surface area contributed by atoms with Crippen molar-refractivity contribution in [3.05, 3.63) is 57.1 Å². The number of ether oxygens (including phenoxy) is 2. The molecule has 0 aromatic heterocycles. The zero-order valence-electron chi connectivity index (χ0n) is 19.9. The highest BCUT2D eigenvalue weighted by Crippen LogP contribution is 2.52. The first kappa shape index (κ1) is 25.6. The molecule has 1 saturated carbocycles. The van der Waals surface area contributed by atoms with Crippen molar-refractivity contribution in [2.24, 2.45) is 28.0 Å². The van der Waals surface area contributed by atoms with E-state index in [2.05, 4.69) is 17.6 Å². The first-order chi connectivity index (χ1) is 16.8. The van der Waals surface area contributed by atoms with Crippen molar-refractivity contribution in [2.45, 2.75) is 51.9 Å². The number of unbranched alkanes of at least 4 members (excludes halogenated alkanes) is 1. The van der Waals surface area contributed by atoms with Crippen molar-refractivity contribution in [2.75, 3.05) is 13.2 Å². The molecule has 1 fully saturated rings. The molecule has 0 bridgehead atoms. The molecule has 188 valence electrons. The van der Waals surface area contributed by atoms with Crippen LogP contribution in [0.25, 0.3) is 0 Å². The van der Waals surface area contributed by atoms with E-state index in [1.54, 1.807) is 0 Å². The van der Waals surface area contributed by atoms with Crippen LogP contribution in [0.2, 0.25) is 10.0 Å². The van der Waals surface area contributed by atoms with Crippen LogP contribution in [0, 0.1) is 11.3 Å². The molecule has 0 radical (unpaired) electrons. The second kappa shape index (κ2) is 11.1. The Morgan fingerprint density at radius 3 is 2.43 bits per heavy atom. The first-order valence-electron chi connectivity index (χ1n) is 12.1. The number of amidine groups is 1. The topological polar surface area (TPSA) is 112 Å². The van der Waals surface area contributed by atoms with Gasteiger partial charge in [-0.15, -0.1) is 5.10 Å².